The lowest BCUT2D eigenvalue weighted by Crippen LogP contribution is -2.27. The summed E-state index contributed by atoms with van der Waals surface area (Å²) >= 11 is 0. The molecule has 1 aliphatic carbocycles. The van der Waals surface area contributed by atoms with Gasteiger partial charge in [0, 0.05) is 6.04 Å². The van der Waals surface area contributed by atoms with Crippen LogP contribution in [0.4, 0.5) is 0 Å². The highest BCUT2D eigenvalue weighted by Crippen LogP contribution is 2.24. The molecule has 1 N–H and O–H groups in total. The average molecular weight is 273 g/mol. The molecular weight excluding hydrogens is 242 g/mol. The number of rotatable bonds is 6. The van der Waals surface area contributed by atoms with E-state index in [-0.39, 0.29) is 5.41 Å². The summed E-state index contributed by atoms with van der Waals surface area (Å²) in [5, 5.41) is 3.65. The average Bonchev–Trinajstić information content (AvgIpc) is 3.19. The van der Waals surface area contributed by atoms with Crippen molar-refractivity contribution in [2.24, 2.45) is 11.8 Å². The Balaban J connectivity index is 1.84. The second-order valence-corrected chi connectivity index (χ2v) is 7.79. The first-order valence-electron chi connectivity index (χ1n) is 8.19. The van der Waals surface area contributed by atoms with Crippen molar-refractivity contribution in [3.63, 3.8) is 0 Å². The summed E-state index contributed by atoms with van der Waals surface area (Å²) in [5.74, 6) is 1.49. The predicted molar refractivity (Wildman–Crippen MR) is 88.2 cm³/mol. The van der Waals surface area contributed by atoms with Gasteiger partial charge in [-0.15, -0.1) is 0 Å². The maximum Gasteiger partial charge on any atom is 0.00683 e. The molecule has 1 fully saturated rings. The van der Waals surface area contributed by atoms with Crippen LogP contribution < -0.4 is 5.32 Å². The van der Waals surface area contributed by atoms with Crippen molar-refractivity contribution in [3.05, 3.63) is 35.4 Å². The van der Waals surface area contributed by atoms with Crippen LogP contribution in [0.5, 0.6) is 0 Å². The van der Waals surface area contributed by atoms with Crippen LogP contribution in [0.3, 0.4) is 0 Å². The topological polar surface area (TPSA) is 12.0 Å². The lowest BCUT2D eigenvalue weighted by atomic mass is 9.85. The third-order valence-electron chi connectivity index (χ3n) is 4.65. The molecule has 1 aliphatic rings. The number of benzene rings is 1. The lowest BCUT2D eigenvalue weighted by molar-refractivity contribution is 0.364. The van der Waals surface area contributed by atoms with E-state index in [0.29, 0.717) is 0 Å². The van der Waals surface area contributed by atoms with Gasteiger partial charge < -0.3 is 5.32 Å². The number of hydrogen-bond acceptors (Lipinski definition) is 1. The summed E-state index contributed by atoms with van der Waals surface area (Å²) in [6.07, 6.45) is 3.96. The van der Waals surface area contributed by atoms with Gasteiger partial charge in [0.15, 0.2) is 0 Å². The second-order valence-electron chi connectivity index (χ2n) is 7.79. The zero-order chi connectivity index (χ0) is 14.8. The molecule has 0 amide bonds. The molecule has 0 aromatic heterocycles. The molecule has 0 aliphatic heterocycles. The molecule has 0 saturated heterocycles. The molecule has 0 bridgehead atoms. The Bertz CT molecular complexity index is 408. The quantitative estimate of drug-likeness (QED) is 0.801. The van der Waals surface area contributed by atoms with Gasteiger partial charge in [0.2, 0.25) is 0 Å². The van der Waals surface area contributed by atoms with Crippen LogP contribution in [0.1, 0.15) is 58.6 Å². The molecule has 2 unspecified atom stereocenters. The smallest absolute Gasteiger partial charge is 0.00683 e. The first-order valence-corrected chi connectivity index (χ1v) is 8.19. The van der Waals surface area contributed by atoms with Crippen LogP contribution in [-0.2, 0) is 11.8 Å². The second kappa shape index (κ2) is 6.30. The first kappa shape index (κ1) is 15.6. The van der Waals surface area contributed by atoms with Crippen LogP contribution in [0, 0.1) is 11.8 Å². The Kier molecular flexibility index (Phi) is 4.90. The lowest BCUT2D eigenvalue weighted by Gasteiger charge is -2.22. The maximum absolute atomic E-state index is 3.65. The molecule has 0 spiro atoms. The highest BCUT2D eigenvalue weighted by atomic mass is 14.9. The Hall–Kier alpha value is -0.820. The van der Waals surface area contributed by atoms with Crippen LogP contribution in [-0.4, -0.2) is 12.6 Å². The van der Waals surface area contributed by atoms with E-state index in [0.717, 1.165) is 17.9 Å². The predicted octanol–water partition coefficient (Wildman–Crippen LogP) is 4.55. The SMILES string of the molecule is CC(CNC1CC1)C(C)Cc1ccc(C(C)(C)C)cc1. The first-order chi connectivity index (χ1) is 9.36. The molecule has 1 aromatic carbocycles. The molecule has 2 atom stereocenters. The zero-order valence-corrected chi connectivity index (χ0v) is 13.9. The minimum absolute atomic E-state index is 0.256. The Morgan fingerprint density at radius 1 is 1.05 bits per heavy atom. The van der Waals surface area contributed by atoms with Crippen molar-refractivity contribution in [2.45, 2.75) is 65.3 Å². The summed E-state index contributed by atoms with van der Waals surface area (Å²) < 4.78 is 0. The largest absolute Gasteiger partial charge is 0.314 e. The zero-order valence-electron chi connectivity index (χ0n) is 13.9. The summed E-state index contributed by atoms with van der Waals surface area (Å²) in [6, 6.07) is 10.1. The third-order valence-corrected chi connectivity index (χ3v) is 4.65. The molecule has 1 heteroatoms. The molecule has 0 radical (unpaired) electrons. The van der Waals surface area contributed by atoms with Gasteiger partial charge in [-0.1, -0.05) is 58.9 Å². The van der Waals surface area contributed by atoms with Crippen molar-refractivity contribution in [3.8, 4) is 0 Å². The molecule has 1 saturated carbocycles. The summed E-state index contributed by atoms with van der Waals surface area (Å²) in [7, 11) is 0. The van der Waals surface area contributed by atoms with Crippen LogP contribution in [0.25, 0.3) is 0 Å². The van der Waals surface area contributed by atoms with Gasteiger partial charge in [-0.25, -0.2) is 0 Å². The van der Waals surface area contributed by atoms with E-state index in [1.807, 2.05) is 0 Å². The molecule has 1 nitrogen and oxygen atoms in total. The highest BCUT2D eigenvalue weighted by molar-refractivity contribution is 5.27. The van der Waals surface area contributed by atoms with E-state index in [1.54, 1.807) is 0 Å². The minimum Gasteiger partial charge on any atom is -0.314 e. The molecule has 20 heavy (non-hydrogen) atoms. The van der Waals surface area contributed by atoms with E-state index >= 15 is 0 Å². The Labute approximate surface area is 125 Å². The monoisotopic (exact) mass is 273 g/mol. The maximum atomic E-state index is 3.65. The van der Waals surface area contributed by atoms with Crippen molar-refractivity contribution in [1.82, 2.24) is 5.32 Å². The van der Waals surface area contributed by atoms with E-state index < -0.39 is 0 Å². The van der Waals surface area contributed by atoms with Gasteiger partial charge in [-0.05, 0) is 54.2 Å². The highest BCUT2D eigenvalue weighted by Gasteiger charge is 2.22. The third kappa shape index (κ3) is 4.63. The van der Waals surface area contributed by atoms with Gasteiger partial charge in [-0.3, -0.25) is 0 Å². The van der Waals surface area contributed by atoms with Gasteiger partial charge in [-0.2, -0.15) is 0 Å². The molecule has 1 aromatic rings. The summed E-state index contributed by atoms with van der Waals surface area (Å²) in [5.41, 5.74) is 3.16. The fourth-order valence-corrected chi connectivity index (χ4v) is 2.55. The molecule has 2 rings (SSSR count). The summed E-state index contributed by atoms with van der Waals surface area (Å²) in [6.45, 7) is 12.8. The molecular formula is C19H31N. The van der Waals surface area contributed by atoms with Gasteiger partial charge >= 0.3 is 0 Å². The van der Waals surface area contributed by atoms with E-state index in [4.69, 9.17) is 0 Å². The van der Waals surface area contributed by atoms with Crippen molar-refractivity contribution in [2.75, 3.05) is 6.54 Å². The Morgan fingerprint density at radius 2 is 1.65 bits per heavy atom. The number of nitrogens with one attached hydrogen (secondary N) is 1. The molecule has 112 valence electrons. The fourth-order valence-electron chi connectivity index (χ4n) is 2.55. The molecule has 0 heterocycles. The standard InChI is InChI=1S/C19H31N/c1-14(15(2)13-20-18-10-11-18)12-16-6-8-17(9-7-16)19(3,4)5/h6-9,14-15,18,20H,10-13H2,1-5H3. The van der Waals surface area contributed by atoms with Crippen LogP contribution in [0.2, 0.25) is 0 Å². The van der Waals surface area contributed by atoms with Crippen LogP contribution >= 0.6 is 0 Å². The minimum atomic E-state index is 0.256. The van der Waals surface area contributed by atoms with E-state index in [2.05, 4.69) is 64.2 Å². The van der Waals surface area contributed by atoms with Gasteiger partial charge in [0.1, 0.15) is 0 Å². The van der Waals surface area contributed by atoms with Crippen molar-refractivity contribution < 1.29 is 0 Å². The Morgan fingerprint density at radius 3 is 2.15 bits per heavy atom. The summed E-state index contributed by atoms with van der Waals surface area (Å²) in [4.78, 5) is 0. The number of hydrogen-bond donors (Lipinski definition) is 1. The van der Waals surface area contributed by atoms with Crippen molar-refractivity contribution in [1.29, 1.82) is 0 Å². The van der Waals surface area contributed by atoms with Gasteiger partial charge in [0.05, 0.1) is 0 Å². The van der Waals surface area contributed by atoms with E-state index in [9.17, 15) is 0 Å². The van der Waals surface area contributed by atoms with Gasteiger partial charge in [0.25, 0.3) is 0 Å². The van der Waals surface area contributed by atoms with Crippen molar-refractivity contribution >= 4 is 0 Å². The fraction of sp³-hybridized carbons (Fsp3) is 0.684. The van der Waals surface area contributed by atoms with E-state index in [1.165, 1.54) is 36.9 Å². The van der Waals surface area contributed by atoms with Crippen LogP contribution in [0.15, 0.2) is 24.3 Å². The normalized spacial score (nSPS) is 18.9.